The fraction of sp³-hybridized carbons (Fsp3) is 0.389. The molecule has 0 aliphatic rings. The number of rotatable bonds is 6. The lowest BCUT2D eigenvalue weighted by Gasteiger charge is -2.13. The maximum atomic E-state index is 4.52. The van der Waals surface area contributed by atoms with Crippen molar-refractivity contribution in [3.05, 3.63) is 65.0 Å². The summed E-state index contributed by atoms with van der Waals surface area (Å²) in [6.45, 7) is 7.48. The van der Waals surface area contributed by atoms with Gasteiger partial charge in [0.25, 0.3) is 0 Å². The number of nitrogens with one attached hydrogen (secondary N) is 1. The van der Waals surface area contributed by atoms with Gasteiger partial charge in [0.2, 0.25) is 0 Å². The van der Waals surface area contributed by atoms with Crippen LogP contribution < -0.4 is 5.32 Å². The highest BCUT2D eigenvalue weighted by Crippen LogP contribution is 2.15. The molecule has 1 aromatic carbocycles. The van der Waals surface area contributed by atoms with Crippen LogP contribution in [0.1, 0.15) is 49.2 Å². The minimum Gasteiger partial charge on any atom is -0.310 e. The molecule has 2 aromatic rings. The van der Waals surface area contributed by atoms with E-state index in [1.807, 2.05) is 6.20 Å². The minimum absolute atomic E-state index is 0.413. The van der Waals surface area contributed by atoms with Crippen molar-refractivity contribution >= 4 is 0 Å². The molecule has 0 aliphatic carbocycles. The van der Waals surface area contributed by atoms with E-state index in [-0.39, 0.29) is 0 Å². The predicted molar refractivity (Wildman–Crippen MR) is 85.0 cm³/mol. The van der Waals surface area contributed by atoms with Gasteiger partial charge in [-0.25, -0.2) is 0 Å². The SMILES string of the molecule is CCNC(C)c1ccc(Cc2ccc(CC)cn2)cc1. The van der Waals surface area contributed by atoms with Gasteiger partial charge < -0.3 is 5.32 Å². The summed E-state index contributed by atoms with van der Waals surface area (Å²) in [6.07, 6.45) is 3.93. The first kappa shape index (κ1) is 14.7. The van der Waals surface area contributed by atoms with E-state index in [9.17, 15) is 0 Å². The Labute approximate surface area is 122 Å². The maximum Gasteiger partial charge on any atom is 0.0447 e. The molecule has 20 heavy (non-hydrogen) atoms. The zero-order valence-corrected chi connectivity index (χ0v) is 12.7. The molecule has 0 amide bonds. The summed E-state index contributed by atoms with van der Waals surface area (Å²) in [5, 5.41) is 3.43. The largest absolute Gasteiger partial charge is 0.310 e. The van der Waals surface area contributed by atoms with E-state index < -0.39 is 0 Å². The second kappa shape index (κ2) is 7.20. The first-order valence-electron chi connectivity index (χ1n) is 7.49. The van der Waals surface area contributed by atoms with E-state index >= 15 is 0 Å². The molecule has 0 radical (unpaired) electrons. The monoisotopic (exact) mass is 268 g/mol. The summed E-state index contributed by atoms with van der Waals surface area (Å²) >= 11 is 0. The number of nitrogens with zero attached hydrogens (tertiary/aromatic N) is 1. The molecular formula is C18H24N2. The Balaban J connectivity index is 2.02. The van der Waals surface area contributed by atoms with E-state index in [0.29, 0.717) is 6.04 Å². The van der Waals surface area contributed by atoms with Crippen molar-refractivity contribution in [1.29, 1.82) is 0 Å². The normalized spacial score (nSPS) is 12.3. The lowest BCUT2D eigenvalue weighted by atomic mass is 10.0. The molecule has 1 heterocycles. The van der Waals surface area contributed by atoms with Crippen molar-refractivity contribution in [3.8, 4) is 0 Å². The molecule has 2 rings (SSSR count). The van der Waals surface area contributed by atoms with Crippen LogP contribution in [0.15, 0.2) is 42.6 Å². The van der Waals surface area contributed by atoms with E-state index in [0.717, 1.165) is 25.1 Å². The van der Waals surface area contributed by atoms with Gasteiger partial charge in [0.15, 0.2) is 0 Å². The summed E-state index contributed by atoms with van der Waals surface area (Å²) < 4.78 is 0. The van der Waals surface area contributed by atoms with Gasteiger partial charge in [-0.2, -0.15) is 0 Å². The van der Waals surface area contributed by atoms with Crippen molar-refractivity contribution < 1.29 is 0 Å². The van der Waals surface area contributed by atoms with Crippen molar-refractivity contribution in [3.63, 3.8) is 0 Å². The van der Waals surface area contributed by atoms with E-state index in [1.165, 1.54) is 16.7 Å². The smallest absolute Gasteiger partial charge is 0.0447 e. The van der Waals surface area contributed by atoms with Gasteiger partial charge in [0.1, 0.15) is 0 Å². The molecule has 1 N–H and O–H groups in total. The lowest BCUT2D eigenvalue weighted by Crippen LogP contribution is -2.17. The third-order valence-corrected chi connectivity index (χ3v) is 3.67. The van der Waals surface area contributed by atoms with Crippen LogP contribution in [-0.4, -0.2) is 11.5 Å². The molecular weight excluding hydrogens is 244 g/mol. The standard InChI is InChI=1S/C18H24N2/c1-4-15-8-11-18(20-13-15)12-16-6-9-17(10-7-16)14(3)19-5-2/h6-11,13-14,19H,4-5,12H2,1-3H3. The summed E-state index contributed by atoms with van der Waals surface area (Å²) in [7, 11) is 0. The molecule has 106 valence electrons. The summed E-state index contributed by atoms with van der Waals surface area (Å²) in [5.74, 6) is 0. The molecule has 2 heteroatoms. The molecule has 1 aromatic heterocycles. The van der Waals surface area contributed by atoms with Crippen molar-refractivity contribution in [2.75, 3.05) is 6.54 Å². The Morgan fingerprint density at radius 2 is 1.70 bits per heavy atom. The van der Waals surface area contributed by atoms with Gasteiger partial charge in [-0.05, 0) is 42.6 Å². The van der Waals surface area contributed by atoms with Gasteiger partial charge in [0.05, 0.1) is 0 Å². The van der Waals surface area contributed by atoms with Gasteiger partial charge in [-0.1, -0.05) is 44.2 Å². The van der Waals surface area contributed by atoms with E-state index in [1.54, 1.807) is 0 Å². The number of pyridine rings is 1. The third kappa shape index (κ3) is 3.91. The van der Waals surface area contributed by atoms with Gasteiger partial charge in [-0.15, -0.1) is 0 Å². The topological polar surface area (TPSA) is 24.9 Å². The average Bonchev–Trinajstić information content (AvgIpc) is 2.49. The first-order valence-corrected chi connectivity index (χ1v) is 7.49. The number of aryl methyl sites for hydroxylation is 1. The quantitative estimate of drug-likeness (QED) is 0.859. The molecule has 0 fully saturated rings. The second-order valence-corrected chi connectivity index (χ2v) is 5.21. The van der Waals surface area contributed by atoms with Crippen LogP contribution in [0.25, 0.3) is 0 Å². The molecule has 0 aliphatic heterocycles. The Hall–Kier alpha value is -1.67. The van der Waals surface area contributed by atoms with Gasteiger partial charge >= 0.3 is 0 Å². The molecule has 1 unspecified atom stereocenters. The molecule has 1 atom stereocenters. The number of hydrogen-bond acceptors (Lipinski definition) is 2. The van der Waals surface area contributed by atoms with E-state index in [4.69, 9.17) is 0 Å². The second-order valence-electron chi connectivity index (χ2n) is 5.21. The fourth-order valence-electron chi connectivity index (χ4n) is 2.33. The Morgan fingerprint density at radius 3 is 2.25 bits per heavy atom. The van der Waals surface area contributed by atoms with Crippen molar-refractivity contribution in [2.24, 2.45) is 0 Å². The highest BCUT2D eigenvalue weighted by atomic mass is 14.9. The average molecular weight is 268 g/mol. The Kier molecular flexibility index (Phi) is 5.31. The van der Waals surface area contributed by atoms with E-state index in [2.05, 4.69) is 67.5 Å². The Morgan fingerprint density at radius 1 is 1.00 bits per heavy atom. The van der Waals surface area contributed by atoms with Crippen LogP contribution in [-0.2, 0) is 12.8 Å². The lowest BCUT2D eigenvalue weighted by molar-refractivity contribution is 0.598. The third-order valence-electron chi connectivity index (χ3n) is 3.67. The van der Waals surface area contributed by atoms with Crippen LogP contribution in [0, 0.1) is 0 Å². The summed E-state index contributed by atoms with van der Waals surface area (Å²) in [5.41, 5.74) is 5.08. The van der Waals surface area contributed by atoms with Crippen LogP contribution in [0.3, 0.4) is 0 Å². The van der Waals surface area contributed by atoms with Crippen LogP contribution in [0.5, 0.6) is 0 Å². The van der Waals surface area contributed by atoms with Crippen molar-refractivity contribution in [2.45, 2.75) is 39.7 Å². The van der Waals surface area contributed by atoms with Crippen molar-refractivity contribution in [1.82, 2.24) is 10.3 Å². The molecule has 2 nitrogen and oxygen atoms in total. The zero-order chi connectivity index (χ0) is 14.4. The van der Waals surface area contributed by atoms with Crippen LogP contribution in [0.4, 0.5) is 0 Å². The maximum absolute atomic E-state index is 4.52. The van der Waals surface area contributed by atoms with Gasteiger partial charge in [0, 0.05) is 24.4 Å². The van der Waals surface area contributed by atoms with Crippen LogP contribution in [0.2, 0.25) is 0 Å². The molecule has 0 spiro atoms. The summed E-state index contributed by atoms with van der Waals surface area (Å²) in [6, 6.07) is 13.6. The highest BCUT2D eigenvalue weighted by molar-refractivity contribution is 5.28. The number of hydrogen-bond donors (Lipinski definition) is 1. The minimum atomic E-state index is 0.413. The Bertz CT molecular complexity index is 514. The van der Waals surface area contributed by atoms with Crippen LogP contribution >= 0.6 is 0 Å². The highest BCUT2D eigenvalue weighted by Gasteiger charge is 2.04. The number of benzene rings is 1. The number of aromatic nitrogens is 1. The van der Waals surface area contributed by atoms with Gasteiger partial charge in [-0.3, -0.25) is 4.98 Å². The predicted octanol–water partition coefficient (Wildman–Crippen LogP) is 3.91. The molecule has 0 saturated heterocycles. The molecule has 0 saturated carbocycles. The first-order chi connectivity index (χ1) is 9.72. The molecule has 0 bridgehead atoms. The zero-order valence-electron chi connectivity index (χ0n) is 12.7. The summed E-state index contributed by atoms with van der Waals surface area (Å²) in [4.78, 5) is 4.52. The fourth-order valence-corrected chi connectivity index (χ4v) is 2.33.